The zero-order chi connectivity index (χ0) is 20.8. The summed E-state index contributed by atoms with van der Waals surface area (Å²) in [7, 11) is 5.78. The van der Waals surface area contributed by atoms with Gasteiger partial charge in [-0.1, -0.05) is 23.7 Å². The van der Waals surface area contributed by atoms with Crippen LogP contribution >= 0.6 is 11.6 Å². The molecule has 3 rings (SSSR count). The Labute approximate surface area is 178 Å². The Kier molecular flexibility index (Phi) is 7.45. The van der Waals surface area contributed by atoms with E-state index >= 15 is 0 Å². The van der Waals surface area contributed by atoms with Crippen LogP contribution < -0.4 is 10.2 Å². The van der Waals surface area contributed by atoms with Crippen molar-refractivity contribution in [3.8, 4) is 0 Å². The molecule has 1 atom stereocenters. The van der Waals surface area contributed by atoms with E-state index in [2.05, 4.69) is 16.4 Å². The van der Waals surface area contributed by atoms with Gasteiger partial charge in [0.2, 0.25) is 5.91 Å². The molecule has 0 spiro atoms. The molecular formula is C22H30ClN5O. The zero-order valence-corrected chi connectivity index (χ0v) is 18.2. The van der Waals surface area contributed by atoms with Gasteiger partial charge in [-0.25, -0.2) is 9.97 Å². The third-order valence-corrected chi connectivity index (χ3v) is 5.51. The van der Waals surface area contributed by atoms with Gasteiger partial charge in [0.25, 0.3) is 0 Å². The van der Waals surface area contributed by atoms with Crippen LogP contribution in [0.15, 0.2) is 30.3 Å². The molecule has 0 bridgehead atoms. The average molecular weight is 416 g/mol. The number of halogens is 1. The molecule has 1 saturated heterocycles. The second-order valence-corrected chi connectivity index (χ2v) is 8.32. The summed E-state index contributed by atoms with van der Waals surface area (Å²) >= 11 is 6.03. The Bertz CT molecular complexity index is 836. The van der Waals surface area contributed by atoms with E-state index in [0.717, 1.165) is 43.0 Å². The van der Waals surface area contributed by atoms with E-state index in [1.807, 2.05) is 50.3 Å². The number of aromatic nitrogens is 2. The van der Waals surface area contributed by atoms with Gasteiger partial charge in [-0.05, 0) is 43.5 Å². The lowest BCUT2D eigenvalue weighted by Gasteiger charge is -2.24. The van der Waals surface area contributed by atoms with Crippen LogP contribution in [0, 0.1) is 0 Å². The van der Waals surface area contributed by atoms with Gasteiger partial charge in [0.05, 0.1) is 12.2 Å². The van der Waals surface area contributed by atoms with E-state index in [1.54, 1.807) is 4.90 Å². The number of hydrogen-bond donors (Lipinski definition) is 1. The Morgan fingerprint density at radius 1 is 1.24 bits per heavy atom. The van der Waals surface area contributed by atoms with Gasteiger partial charge in [-0.2, -0.15) is 0 Å². The standard InChI is InChI=1S/C22H30ClN5O/c1-27(2)21-13-19(17-7-5-11-24-14-17)25-20(26-21)15-28(3)22(29)10-9-16-6-4-8-18(23)12-16/h4,6,8,12-13,17,24H,5,7,9-11,14-15H2,1-3H3/t17-/m0/s1. The van der Waals surface area contributed by atoms with Crippen LogP contribution in [-0.4, -0.2) is 55.0 Å². The molecule has 1 fully saturated rings. The minimum absolute atomic E-state index is 0.0738. The van der Waals surface area contributed by atoms with Crippen molar-refractivity contribution in [2.75, 3.05) is 39.1 Å². The molecule has 1 amide bonds. The van der Waals surface area contributed by atoms with Gasteiger partial charge >= 0.3 is 0 Å². The first-order valence-corrected chi connectivity index (χ1v) is 10.5. The minimum atomic E-state index is 0.0738. The van der Waals surface area contributed by atoms with Crippen molar-refractivity contribution in [1.29, 1.82) is 0 Å². The number of piperidine rings is 1. The lowest BCUT2D eigenvalue weighted by atomic mass is 9.96. The van der Waals surface area contributed by atoms with Crippen LogP contribution in [0.5, 0.6) is 0 Å². The van der Waals surface area contributed by atoms with Crippen molar-refractivity contribution in [3.05, 3.63) is 52.4 Å². The number of rotatable bonds is 7. The molecule has 1 aliphatic rings. The van der Waals surface area contributed by atoms with Gasteiger partial charge in [-0.15, -0.1) is 0 Å². The maximum Gasteiger partial charge on any atom is 0.223 e. The summed E-state index contributed by atoms with van der Waals surface area (Å²) in [5.74, 6) is 2.04. The fourth-order valence-corrected chi connectivity index (χ4v) is 3.76. The van der Waals surface area contributed by atoms with E-state index < -0.39 is 0 Å². The predicted molar refractivity (Wildman–Crippen MR) is 117 cm³/mol. The Balaban J connectivity index is 1.67. The van der Waals surface area contributed by atoms with Gasteiger partial charge in [-0.3, -0.25) is 4.79 Å². The number of nitrogens with zero attached hydrogens (tertiary/aromatic N) is 4. The average Bonchev–Trinajstić information content (AvgIpc) is 2.72. The van der Waals surface area contributed by atoms with E-state index in [-0.39, 0.29) is 5.91 Å². The summed E-state index contributed by atoms with van der Waals surface area (Å²) in [6, 6.07) is 9.72. The summed E-state index contributed by atoms with van der Waals surface area (Å²) in [5.41, 5.74) is 2.13. The molecule has 1 aromatic carbocycles. The molecule has 156 valence electrons. The van der Waals surface area contributed by atoms with E-state index in [0.29, 0.717) is 36.2 Å². The second kappa shape index (κ2) is 10.0. The van der Waals surface area contributed by atoms with Gasteiger partial charge < -0.3 is 15.1 Å². The number of amides is 1. The highest BCUT2D eigenvalue weighted by atomic mass is 35.5. The normalized spacial score (nSPS) is 16.5. The van der Waals surface area contributed by atoms with Crippen LogP contribution in [-0.2, 0) is 17.8 Å². The molecular weight excluding hydrogens is 386 g/mol. The highest BCUT2D eigenvalue weighted by molar-refractivity contribution is 6.30. The van der Waals surface area contributed by atoms with Crippen LogP contribution in [0.3, 0.4) is 0 Å². The number of anilines is 1. The van der Waals surface area contributed by atoms with E-state index in [1.165, 1.54) is 0 Å². The molecule has 0 aliphatic carbocycles. The summed E-state index contributed by atoms with van der Waals surface area (Å²) in [4.78, 5) is 25.8. The van der Waals surface area contributed by atoms with Crippen molar-refractivity contribution in [2.45, 2.75) is 38.1 Å². The number of aryl methyl sites for hydroxylation is 1. The second-order valence-electron chi connectivity index (χ2n) is 7.88. The Hall–Kier alpha value is -2.18. The van der Waals surface area contributed by atoms with Crippen molar-refractivity contribution in [2.24, 2.45) is 0 Å². The SMILES string of the molecule is CN(Cc1nc([C@H]2CCCNC2)cc(N(C)C)n1)C(=O)CCc1cccc(Cl)c1. The number of carbonyl (C=O) groups is 1. The minimum Gasteiger partial charge on any atom is -0.363 e. The molecule has 7 heteroatoms. The predicted octanol–water partition coefficient (Wildman–Crippen LogP) is 3.25. The topological polar surface area (TPSA) is 61.4 Å². The smallest absolute Gasteiger partial charge is 0.223 e. The number of carbonyl (C=O) groups excluding carboxylic acids is 1. The summed E-state index contributed by atoms with van der Waals surface area (Å²) in [5, 5.41) is 4.14. The van der Waals surface area contributed by atoms with Gasteiger partial charge in [0, 0.05) is 51.1 Å². The molecule has 1 N–H and O–H groups in total. The van der Waals surface area contributed by atoms with Crippen LogP contribution in [0.4, 0.5) is 5.82 Å². The zero-order valence-electron chi connectivity index (χ0n) is 17.5. The summed E-state index contributed by atoms with van der Waals surface area (Å²) in [6.07, 6.45) is 3.39. The molecule has 1 aliphatic heterocycles. The van der Waals surface area contributed by atoms with Crippen LogP contribution in [0.2, 0.25) is 5.02 Å². The molecule has 0 saturated carbocycles. The van der Waals surface area contributed by atoms with E-state index in [4.69, 9.17) is 16.6 Å². The fraction of sp³-hybridized carbons (Fsp3) is 0.500. The van der Waals surface area contributed by atoms with Gasteiger partial charge in [0.15, 0.2) is 0 Å². The highest BCUT2D eigenvalue weighted by Crippen LogP contribution is 2.24. The molecule has 29 heavy (non-hydrogen) atoms. The number of hydrogen-bond acceptors (Lipinski definition) is 5. The van der Waals surface area contributed by atoms with Crippen molar-refractivity contribution in [3.63, 3.8) is 0 Å². The van der Waals surface area contributed by atoms with Gasteiger partial charge in [0.1, 0.15) is 11.6 Å². The number of nitrogens with one attached hydrogen (secondary N) is 1. The third kappa shape index (κ3) is 6.15. The van der Waals surface area contributed by atoms with Crippen LogP contribution in [0.1, 0.15) is 42.3 Å². The van der Waals surface area contributed by atoms with Crippen molar-refractivity contribution >= 4 is 23.3 Å². The molecule has 0 unspecified atom stereocenters. The fourth-order valence-electron chi connectivity index (χ4n) is 3.55. The lowest BCUT2D eigenvalue weighted by molar-refractivity contribution is -0.130. The molecule has 2 heterocycles. The molecule has 6 nitrogen and oxygen atoms in total. The van der Waals surface area contributed by atoms with Crippen molar-refractivity contribution < 1.29 is 4.79 Å². The van der Waals surface area contributed by atoms with E-state index in [9.17, 15) is 4.79 Å². The Morgan fingerprint density at radius 2 is 2.07 bits per heavy atom. The highest BCUT2D eigenvalue weighted by Gasteiger charge is 2.20. The first kappa shape index (κ1) is 21.5. The first-order chi connectivity index (χ1) is 13.9. The van der Waals surface area contributed by atoms with Crippen molar-refractivity contribution in [1.82, 2.24) is 20.2 Å². The summed E-state index contributed by atoms with van der Waals surface area (Å²) in [6.45, 7) is 2.42. The first-order valence-electron chi connectivity index (χ1n) is 10.2. The molecule has 1 aromatic heterocycles. The molecule has 2 aromatic rings. The monoisotopic (exact) mass is 415 g/mol. The maximum atomic E-state index is 12.6. The largest absolute Gasteiger partial charge is 0.363 e. The molecule has 0 radical (unpaired) electrons. The maximum absolute atomic E-state index is 12.6. The number of benzene rings is 1. The Morgan fingerprint density at radius 3 is 2.76 bits per heavy atom. The summed E-state index contributed by atoms with van der Waals surface area (Å²) < 4.78 is 0. The lowest BCUT2D eigenvalue weighted by Crippen LogP contribution is -2.30. The van der Waals surface area contributed by atoms with Crippen LogP contribution in [0.25, 0.3) is 0 Å². The third-order valence-electron chi connectivity index (χ3n) is 5.27. The quantitative estimate of drug-likeness (QED) is 0.752.